The van der Waals surface area contributed by atoms with Gasteiger partial charge in [-0.05, 0) is 42.7 Å². The number of hydrogen-bond acceptors (Lipinski definition) is 1. The minimum Gasteiger partial charge on any atom is -0.357 e. The third-order valence-electron chi connectivity index (χ3n) is 4.32. The highest BCUT2D eigenvalue weighted by molar-refractivity contribution is 5.81. The zero-order valence-electron chi connectivity index (χ0n) is 12.9. The van der Waals surface area contributed by atoms with Gasteiger partial charge >= 0.3 is 0 Å². The summed E-state index contributed by atoms with van der Waals surface area (Å²) in [5.41, 5.74) is 2.35. The van der Waals surface area contributed by atoms with Gasteiger partial charge < -0.3 is 9.88 Å². The van der Waals surface area contributed by atoms with Crippen molar-refractivity contribution in [3.63, 3.8) is 0 Å². The fourth-order valence-electron chi connectivity index (χ4n) is 3.30. The van der Waals surface area contributed by atoms with E-state index in [0.717, 1.165) is 24.9 Å². The largest absolute Gasteiger partial charge is 0.357 e. The minimum atomic E-state index is 0.220. The van der Waals surface area contributed by atoms with Crippen LogP contribution in [-0.4, -0.2) is 22.3 Å². The zero-order chi connectivity index (χ0) is 14.8. The highest BCUT2D eigenvalue weighted by Crippen LogP contribution is 2.33. The van der Waals surface area contributed by atoms with Crippen molar-refractivity contribution in [3.05, 3.63) is 36.0 Å². The first kappa shape index (κ1) is 14.2. The molecule has 2 heterocycles. The normalized spacial score (nSPS) is 19.4. The summed E-state index contributed by atoms with van der Waals surface area (Å²) >= 11 is 0. The molecule has 3 heteroatoms. The Kier molecular flexibility index (Phi) is 4.00. The highest BCUT2D eigenvalue weighted by Gasteiger charge is 2.29. The standard InChI is InChI=1S/C18H24N2O/c1-13(2)11-18(21)20-10-6-5-9-17(20)16-12-14-7-3-4-8-15(14)19-16/h3-4,7-8,12-13,17,19H,5-6,9-11H2,1-2H3. The fraction of sp³-hybridized carbons (Fsp3) is 0.500. The molecule has 21 heavy (non-hydrogen) atoms. The number of para-hydroxylation sites is 1. The van der Waals surface area contributed by atoms with Gasteiger partial charge in [0.15, 0.2) is 0 Å². The molecular formula is C18H24N2O. The van der Waals surface area contributed by atoms with Gasteiger partial charge in [-0.2, -0.15) is 0 Å². The predicted molar refractivity (Wildman–Crippen MR) is 86.1 cm³/mol. The molecule has 1 unspecified atom stereocenters. The third kappa shape index (κ3) is 2.97. The molecule has 0 spiro atoms. The molecule has 1 aliphatic heterocycles. The Morgan fingerprint density at radius 3 is 2.90 bits per heavy atom. The van der Waals surface area contributed by atoms with Crippen LogP contribution in [0, 0.1) is 5.92 Å². The molecular weight excluding hydrogens is 260 g/mol. The molecule has 0 aliphatic carbocycles. The van der Waals surface area contributed by atoms with E-state index in [1.165, 1.54) is 17.5 Å². The lowest BCUT2D eigenvalue weighted by molar-refractivity contribution is -0.135. The molecule has 1 aliphatic rings. The number of carbonyl (C=O) groups excluding carboxylic acids is 1. The summed E-state index contributed by atoms with van der Waals surface area (Å²) in [5.74, 6) is 0.719. The first-order valence-electron chi connectivity index (χ1n) is 8.02. The Balaban J connectivity index is 1.88. The smallest absolute Gasteiger partial charge is 0.223 e. The number of nitrogens with one attached hydrogen (secondary N) is 1. The summed E-state index contributed by atoms with van der Waals surface area (Å²) in [7, 11) is 0. The van der Waals surface area contributed by atoms with Gasteiger partial charge in [0.1, 0.15) is 0 Å². The summed E-state index contributed by atoms with van der Waals surface area (Å²) in [4.78, 5) is 18.1. The lowest BCUT2D eigenvalue weighted by Gasteiger charge is -2.35. The minimum absolute atomic E-state index is 0.220. The molecule has 112 valence electrons. The fourth-order valence-corrected chi connectivity index (χ4v) is 3.30. The van der Waals surface area contributed by atoms with Gasteiger partial charge in [0.2, 0.25) is 5.91 Å². The average Bonchev–Trinajstić information content (AvgIpc) is 2.90. The molecule has 1 fully saturated rings. The van der Waals surface area contributed by atoms with Crippen molar-refractivity contribution in [1.29, 1.82) is 0 Å². The molecule has 1 aromatic carbocycles. The van der Waals surface area contributed by atoms with Crippen molar-refractivity contribution in [1.82, 2.24) is 9.88 Å². The number of rotatable bonds is 3. The Hall–Kier alpha value is -1.77. The van der Waals surface area contributed by atoms with Crippen LogP contribution in [0.1, 0.15) is 51.3 Å². The van der Waals surface area contributed by atoms with Crippen LogP contribution in [-0.2, 0) is 4.79 Å². The van der Waals surface area contributed by atoms with E-state index in [2.05, 4.69) is 48.0 Å². The number of H-pyrrole nitrogens is 1. The Morgan fingerprint density at radius 1 is 1.33 bits per heavy atom. The topological polar surface area (TPSA) is 36.1 Å². The van der Waals surface area contributed by atoms with Crippen LogP contribution in [0.5, 0.6) is 0 Å². The number of hydrogen-bond donors (Lipinski definition) is 1. The van der Waals surface area contributed by atoms with Crippen molar-refractivity contribution in [2.45, 2.75) is 45.6 Å². The molecule has 3 nitrogen and oxygen atoms in total. The number of amides is 1. The second-order valence-electron chi connectivity index (χ2n) is 6.51. The number of aromatic amines is 1. The summed E-state index contributed by atoms with van der Waals surface area (Å²) in [6.07, 6.45) is 4.04. The number of nitrogens with zero attached hydrogens (tertiary/aromatic N) is 1. The van der Waals surface area contributed by atoms with Gasteiger partial charge in [-0.25, -0.2) is 0 Å². The van der Waals surface area contributed by atoms with E-state index in [9.17, 15) is 4.79 Å². The van der Waals surface area contributed by atoms with Crippen molar-refractivity contribution in [2.75, 3.05) is 6.54 Å². The van der Waals surface area contributed by atoms with E-state index in [1.54, 1.807) is 0 Å². The zero-order valence-corrected chi connectivity index (χ0v) is 12.9. The molecule has 1 atom stereocenters. The van der Waals surface area contributed by atoms with Gasteiger partial charge in [-0.1, -0.05) is 32.0 Å². The summed E-state index contributed by atoms with van der Waals surface area (Å²) in [6, 6.07) is 10.8. The van der Waals surface area contributed by atoms with E-state index in [-0.39, 0.29) is 6.04 Å². The maximum absolute atomic E-state index is 12.5. The average molecular weight is 284 g/mol. The van der Waals surface area contributed by atoms with Gasteiger partial charge in [-0.3, -0.25) is 4.79 Å². The van der Waals surface area contributed by atoms with Crippen molar-refractivity contribution in [2.24, 2.45) is 5.92 Å². The number of aromatic nitrogens is 1. The lowest BCUT2D eigenvalue weighted by atomic mass is 9.97. The van der Waals surface area contributed by atoms with Crippen LogP contribution >= 0.6 is 0 Å². The molecule has 0 radical (unpaired) electrons. The molecule has 1 aromatic heterocycles. The molecule has 0 saturated carbocycles. The van der Waals surface area contributed by atoms with Crippen LogP contribution in [0.2, 0.25) is 0 Å². The second kappa shape index (κ2) is 5.92. The molecule has 0 bridgehead atoms. The van der Waals surface area contributed by atoms with Gasteiger partial charge in [0, 0.05) is 24.2 Å². The summed E-state index contributed by atoms with van der Waals surface area (Å²) in [5, 5.41) is 1.23. The molecule has 3 rings (SSSR count). The van der Waals surface area contributed by atoms with Crippen LogP contribution in [0.25, 0.3) is 10.9 Å². The van der Waals surface area contributed by atoms with Gasteiger partial charge in [-0.15, -0.1) is 0 Å². The summed E-state index contributed by atoms with van der Waals surface area (Å²) in [6.45, 7) is 5.12. The summed E-state index contributed by atoms with van der Waals surface area (Å²) < 4.78 is 0. The number of piperidine rings is 1. The number of benzene rings is 1. The van der Waals surface area contributed by atoms with E-state index in [1.807, 2.05) is 6.07 Å². The van der Waals surface area contributed by atoms with Gasteiger partial charge in [0.25, 0.3) is 0 Å². The molecule has 1 amide bonds. The number of likely N-dealkylation sites (tertiary alicyclic amines) is 1. The number of fused-ring (bicyclic) bond motifs is 1. The quantitative estimate of drug-likeness (QED) is 0.897. The third-order valence-corrected chi connectivity index (χ3v) is 4.32. The van der Waals surface area contributed by atoms with Crippen LogP contribution in [0.4, 0.5) is 0 Å². The number of carbonyl (C=O) groups is 1. The SMILES string of the molecule is CC(C)CC(=O)N1CCCCC1c1cc2ccccc2[nH]1. The van der Waals surface area contributed by atoms with Crippen LogP contribution < -0.4 is 0 Å². The van der Waals surface area contributed by atoms with Crippen molar-refractivity contribution >= 4 is 16.8 Å². The van der Waals surface area contributed by atoms with Crippen LogP contribution in [0.3, 0.4) is 0 Å². The van der Waals surface area contributed by atoms with E-state index in [0.29, 0.717) is 18.2 Å². The lowest BCUT2D eigenvalue weighted by Crippen LogP contribution is -2.39. The molecule has 2 aromatic rings. The second-order valence-corrected chi connectivity index (χ2v) is 6.51. The molecule has 1 N–H and O–H groups in total. The highest BCUT2D eigenvalue weighted by atomic mass is 16.2. The maximum atomic E-state index is 12.5. The van der Waals surface area contributed by atoms with E-state index >= 15 is 0 Å². The first-order valence-corrected chi connectivity index (χ1v) is 8.02. The Morgan fingerprint density at radius 2 is 2.14 bits per heavy atom. The van der Waals surface area contributed by atoms with E-state index in [4.69, 9.17) is 0 Å². The van der Waals surface area contributed by atoms with Gasteiger partial charge in [0.05, 0.1) is 6.04 Å². The molecule has 1 saturated heterocycles. The Labute approximate surface area is 126 Å². The predicted octanol–water partition coefficient (Wildman–Crippen LogP) is 4.27. The van der Waals surface area contributed by atoms with E-state index < -0.39 is 0 Å². The first-order chi connectivity index (χ1) is 10.1. The van der Waals surface area contributed by atoms with Crippen molar-refractivity contribution < 1.29 is 4.79 Å². The Bertz CT molecular complexity index is 596. The van der Waals surface area contributed by atoms with Crippen molar-refractivity contribution in [3.8, 4) is 0 Å². The van der Waals surface area contributed by atoms with Crippen LogP contribution in [0.15, 0.2) is 30.3 Å². The monoisotopic (exact) mass is 284 g/mol. The maximum Gasteiger partial charge on any atom is 0.223 e.